The first-order valence-corrected chi connectivity index (χ1v) is 11.2. The van der Waals surface area contributed by atoms with Gasteiger partial charge in [0.25, 0.3) is 5.91 Å². The molecule has 0 bridgehead atoms. The molecule has 0 aliphatic carbocycles. The van der Waals surface area contributed by atoms with Crippen molar-refractivity contribution in [2.24, 2.45) is 5.10 Å². The van der Waals surface area contributed by atoms with Crippen LogP contribution < -0.4 is 11.1 Å². The number of para-hydroxylation sites is 2. The third-order valence-electron chi connectivity index (χ3n) is 5.44. The van der Waals surface area contributed by atoms with E-state index >= 15 is 0 Å². The van der Waals surface area contributed by atoms with E-state index in [9.17, 15) is 4.79 Å². The number of hydrogen-bond acceptors (Lipinski definition) is 5. The molecule has 168 valence electrons. The van der Waals surface area contributed by atoms with Crippen LogP contribution in [0.15, 0.2) is 84.0 Å². The van der Waals surface area contributed by atoms with E-state index < -0.39 is 0 Å². The van der Waals surface area contributed by atoms with E-state index in [4.69, 9.17) is 27.3 Å². The number of halogens is 1. The van der Waals surface area contributed by atoms with E-state index in [0.717, 1.165) is 11.1 Å². The molecule has 34 heavy (non-hydrogen) atoms. The van der Waals surface area contributed by atoms with Gasteiger partial charge in [0.05, 0.1) is 17.2 Å². The standard InChI is InChI=1S/C26H21ClN6O/c27-19-12-10-18(11-13-19)16-30-33-24(28)22(26(34)29-15-14-17-6-2-1-3-7-17)23-25(33)32-21-9-5-4-8-20(21)31-23/h1-13,16H,14-15,28H2,(H,29,34). The average molecular weight is 469 g/mol. The molecule has 0 spiro atoms. The molecule has 0 saturated heterocycles. The van der Waals surface area contributed by atoms with Crippen LogP contribution in [0.3, 0.4) is 0 Å². The highest BCUT2D eigenvalue weighted by Crippen LogP contribution is 2.27. The Morgan fingerprint density at radius 3 is 2.38 bits per heavy atom. The van der Waals surface area contributed by atoms with Crippen molar-refractivity contribution in [3.63, 3.8) is 0 Å². The normalized spacial score (nSPS) is 11.4. The second-order valence-corrected chi connectivity index (χ2v) is 8.18. The molecule has 0 fully saturated rings. The van der Waals surface area contributed by atoms with E-state index in [0.29, 0.717) is 40.2 Å². The summed E-state index contributed by atoms with van der Waals surface area (Å²) >= 11 is 5.97. The molecule has 0 radical (unpaired) electrons. The molecule has 0 aliphatic rings. The van der Waals surface area contributed by atoms with E-state index in [1.165, 1.54) is 4.68 Å². The van der Waals surface area contributed by atoms with Crippen LogP contribution in [0, 0.1) is 0 Å². The Kier molecular flexibility index (Phi) is 5.93. The molecular weight excluding hydrogens is 448 g/mol. The fourth-order valence-corrected chi connectivity index (χ4v) is 3.84. The van der Waals surface area contributed by atoms with Crippen molar-refractivity contribution in [3.05, 3.63) is 101 Å². The van der Waals surface area contributed by atoms with Gasteiger partial charge in [-0.3, -0.25) is 4.79 Å². The van der Waals surface area contributed by atoms with Gasteiger partial charge in [-0.25, -0.2) is 9.97 Å². The molecule has 2 heterocycles. The van der Waals surface area contributed by atoms with Crippen molar-refractivity contribution < 1.29 is 4.79 Å². The fourth-order valence-electron chi connectivity index (χ4n) is 3.71. The van der Waals surface area contributed by atoms with Gasteiger partial charge in [0, 0.05) is 11.6 Å². The van der Waals surface area contributed by atoms with Crippen molar-refractivity contribution in [1.29, 1.82) is 0 Å². The smallest absolute Gasteiger partial charge is 0.257 e. The van der Waals surface area contributed by atoms with Crippen molar-refractivity contribution in [2.75, 3.05) is 12.3 Å². The highest BCUT2D eigenvalue weighted by Gasteiger charge is 2.23. The van der Waals surface area contributed by atoms with Gasteiger partial charge in [-0.1, -0.05) is 66.2 Å². The summed E-state index contributed by atoms with van der Waals surface area (Å²) in [6, 6.07) is 24.7. The minimum Gasteiger partial charge on any atom is -0.383 e. The van der Waals surface area contributed by atoms with Crippen molar-refractivity contribution >= 4 is 51.7 Å². The van der Waals surface area contributed by atoms with Crippen LogP contribution in [0.2, 0.25) is 5.02 Å². The lowest BCUT2D eigenvalue weighted by Crippen LogP contribution is -2.26. The summed E-state index contributed by atoms with van der Waals surface area (Å²) < 4.78 is 1.45. The third-order valence-corrected chi connectivity index (χ3v) is 5.69. The molecule has 5 rings (SSSR count). The Balaban J connectivity index is 1.53. The Labute approximate surface area is 200 Å². The Morgan fingerprint density at radius 2 is 1.65 bits per heavy atom. The first-order chi connectivity index (χ1) is 16.6. The SMILES string of the molecule is Nc1c(C(=O)NCCc2ccccc2)c2nc3ccccc3nc2n1N=Cc1ccc(Cl)cc1. The van der Waals surface area contributed by atoms with Crippen LogP contribution in [-0.4, -0.2) is 33.3 Å². The second-order valence-electron chi connectivity index (χ2n) is 7.74. The monoisotopic (exact) mass is 468 g/mol. The lowest BCUT2D eigenvalue weighted by molar-refractivity contribution is 0.0956. The van der Waals surface area contributed by atoms with Crippen molar-refractivity contribution in [2.45, 2.75) is 6.42 Å². The first kappa shape index (κ1) is 21.6. The molecule has 0 saturated carbocycles. The summed E-state index contributed by atoms with van der Waals surface area (Å²) in [5.41, 5.74) is 10.8. The molecule has 7 nitrogen and oxygen atoms in total. The van der Waals surface area contributed by atoms with Crippen LogP contribution in [0.1, 0.15) is 21.5 Å². The number of carbonyl (C=O) groups excluding carboxylic acids is 1. The molecule has 1 amide bonds. The first-order valence-electron chi connectivity index (χ1n) is 10.8. The number of hydrogen-bond donors (Lipinski definition) is 2. The number of nitrogens with one attached hydrogen (secondary N) is 1. The fraction of sp³-hybridized carbons (Fsp3) is 0.0769. The number of nitrogens with two attached hydrogens (primary N) is 1. The van der Waals surface area contributed by atoms with Crippen molar-refractivity contribution in [3.8, 4) is 0 Å². The van der Waals surface area contributed by atoms with E-state index in [2.05, 4.69) is 10.4 Å². The van der Waals surface area contributed by atoms with Gasteiger partial charge in [-0.2, -0.15) is 9.78 Å². The summed E-state index contributed by atoms with van der Waals surface area (Å²) in [7, 11) is 0. The van der Waals surface area contributed by atoms with Gasteiger partial charge < -0.3 is 11.1 Å². The second kappa shape index (κ2) is 9.33. The highest BCUT2D eigenvalue weighted by atomic mass is 35.5. The van der Waals surface area contributed by atoms with E-state index in [1.807, 2.05) is 66.7 Å². The topological polar surface area (TPSA) is 98.2 Å². The molecule has 2 aromatic heterocycles. The lowest BCUT2D eigenvalue weighted by Gasteiger charge is -2.05. The van der Waals surface area contributed by atoms with Gasteiger partial charge >= 0.3 is 0 Å². The maximum atomic E-state index is 13.2. The van der Waals surface area contributed by atoms with Gasteiger partial charge in [0.1, 0.15) is 16.9 Å². The predicted molar refractivity (Wildman–Crippen MR) is 136 cm³/mol. The molecule has 3 N–H and O–H groups in total. The zero-order chi connectivity index (χ0) is 23.5. The summed E-state index contributed by atoms with van der Waals surface area (Å²) in [6.07, 6.45) is 2.34. The Hall–Kier alpha value is -4.23. The van der Waals surface area contributed by atoms with Crippen molar-refractivity contribution in [1.82, 2.24) is 20.0 Å². The average Bonchev–Trinajstić information content (AvgIpc) is 3.13. The zero-order valence-electron chi connectivity index (χ0n) is 18.1. The van der Waals surface area contributed by atoms with Crippen LogP contribution in [0.5, 0.6) is 0 Å². The number of nitrogens with zero attached hydrogens (tertiary/aromatic N) is 4. The van der Waals surface area contributed by atoms with Crippen LogP contribution in [0.4, 0.5) is 5.82 Å². The van der Waals surface area contributed by atoms with Gasteiger partial charge in [-0.15, -0.1) is 0 Å². The highest BCUT2D eigenvalue weighted by molar-refractivity contribution is 6.30. The van der Waals surface area contributed by atoms with Crippen LogP contribution in [-0.2, 0) is 6.42 Å². The van der Waals surface area contributed by atoms with Crippen LogP contribution >= 0.6 is 11.6 Å². The van der Waals surface area contributed by atoms with Gasteiger partial charge in [0.15, 0.2) is 5.65 Å². The number of nitrogen functional groups attached to an aromatic ring is 1. The Bertz CT molecular complexity index is 1510. The number of amides is 1. The summed E-state index contributed by atoms with van der Waals surface area (Å²) in [4.78, 5) is 22.6. The van der Waals surface area contributed by atoms with Gasteiger partial charge in [0.2, 0.25) is 0 Å². The lowest BCUT2D eigenvalue weighted by atomic mass is 10.1. The number of rotatable bonds is 6. The van der Waals surface area contributed by atoms with Gasteiger partial charge in [-0.05, 0) is 41.8 Å². The number of anilines is 1. The maximum Gasteiger partial charge on any atom is 0.257 e. The molecule has 8 heteroatoms. The summed E-state index contributed by atoms with van der Waals surface area (Å²) in [5, 5.41) is 8.10. The molecule has 0 unspecified atom stereocenters. The van der Waals surface area contributed by atoms with E-state index in [-0.39, 0.29) is 17.3 Å². The zero-order valence-corrected chi connectivity index (χ0v) is 18.9. The summed E-state index contributed by atoms with van der Waals surface area (Å²) in [5.74, 6) is -0.142. The number of aromatic nitrogens is 3. The number of benzene rings is 3. The van der Waals surface area contributed by atoms with E-state index in [1.54, 1.807) is 18.3 Å². The largest absolute Gasteiger partial charge is 0.383 e. The summed E-state index contributed by atoms with van der Waals surface area (Å²) in [6.45, 7) is 0.462. The predicted octanol–water partition coefficient (Wildman–Crippen LogP) is 4.67. The number of carbonyl (C=O) groups is 1. The number of fused-ring (bicyclic) bond motifs is 2. The molecule has 3 aromatic carbocycles. The quantitative estimate of drug-likeness (QED) is 0.353. The molecule has 5 aromatic rings. The third kappa shape index (κ3) is 4.33. The minimum absolute atomic E-state index is 0.174. The molecule has 0 atom stereocenters. The van der Waals surface area contributed by atoms with Crippen LogP contribution in [0.25, 0.3) is 22.2 Å². The molecule has 0 aliphatic heterocycles. The maximum absolute atomic E-state index is 13.2. The Morgan fingerprint density at radius 1 is 0.971 bits per heavy atom. The molecular formula is C26H21ClN6O. The minimum atomic E-state index is -0.316.